The van der Waals surface area contributed by atoms with Gasteiger partial charge in [0.05, 0.1) is 6.54 Å². The van der Waals surface area contributed by atoms with Crippen LogP contribution in [-0.2, 0) is 9.59 Å². The smallest absolute Gasteiger partial charge is 0.239 e. The fourth-order valence-electron chi connectivity index (χ4n) is 0.909. The normalized spacial score (nSPS) is 14.1. The Hall–Kier alpha value is -1.10. The van der Waals surface area contributed by atoms with E-state index in [1.807, 2.05) is 13.8 Å². The Bertz CT molecular complexity index is 219. The first-order valence-corrected chi connectivity index (χ1v) is 5.18. The SMILES string of the molecule is CCC(=O)NCC(=O)NC(C)C(C)CO. The highest BCUT2D eigenvalue weighted by Crippen LogP contribution is 1.99. The lowest BCUT2D eigenvalue weighted by molar-refractivity contribution is -0.126. The molecule has 5 nitrogen and oxygen atoms in total. The second kappa shape index (κ2) is 7.23. The van der Waals surface area contributed by atoms with E-state index in [1.165, 1.54) is 0 Å². The molecular weight excluding hydrogens is 196 g/mol. The van der Waals surface area contributed by atoms with Crippen LogP contribution in [0.3, 0.4) is 0 Å². The van der Waals surface area contributed by atoms with Crippen molar-refractivity contribution in [1.29, 1.82) is 0 Å². The van der Waals surface area contributed by atoms with Crippen LogP contribution < -0.4 is 10.6 Å². The van der Waals surface area contributed by atoms with Gasteiger partial charge in [0.25, 0.3) is 0 Å². The summed E-state index contributed by atoms with van der Waals surface area (Å²) in [5.74, 6) is -0.367. The van der Waals surface area contributed by atoms with E-state index >= 15 is 0 Å². The van der Waals surface area contributed by atoms with Crippen LogP contribution in [0.25, 0.3) is 0 Å². The van der Waals surface area contributed by atoms with Crippen LogP contribution in [0.15, 0.2) is 0 Å². The van der Waals surface area contributed by atoms with Gasteiger partial charge in [-0.3, -0.25) is 9.59 Å². The molecule has 88 valence electrons. The molecule has 0 saturated carbocycles. The molecule has 3 N–H and O–H groups in total. The number of aliphatic hydroxyl groups is 1. The lowest BCUT2D eigenvalue weighted by Crippen LogP contribution is -2.43. The van der Waals surface area contributed by atoms with Crippen molar-refractivity contribution in [2.45, 2.75) is 33.2 Å². The van der Waals surface area contributed by atoms with E-state index in [2.05, 4.69) is 10.6 Å². The van der Waals surface area contributed by atoms with E-state index in [0.29, 0.717) is 6.42 Å². The molecular formula is C10H20N2O3. The molecule has 0 rings (SSSR count). The van der Waals surface area contributed by atoms with E-state index in [0.717, 1.165) is 0 Å². The molecule has 0 aromatic rings. The van der Waals surface area contributed by atoms with E-state index in [4.69, 9.17) is 5.11 Å². The van der Waals surface area contributed by atoms with Crippen LogP contribution in [0.4, 0.5) is 0 Å². The highest BCUT2D eigenvalue weighted by Gasteiger charge is 2.13. The van der Waals surface area contributed by atoms with Crippen molar-refractivity contribution in [3.8, 4) is 0 Å². The molecule has 0 aliphatic rings. The molecule has 15 heavy (non-hydrogen) atoms. The average molecular weight is 216 g/mol. The molecule has 0 aromatic heterocycles. The topological polar surface area (TPSA) is 78.4 Å². The van der Waals surface area contributed by atoms with Crippen molar-refractivity contribution in [2.24, 2.45) is 5.92 Å². The largest absolute Gasteiger partial charge is 0.396 e. The third kappa shape index (κ3) is 6.06. The van der Waals surface area contributed by atoms with Crippen molar-refractivity contribution in [3.05, 3.63) is 0 Å². The molecule has 2 amide bonds. The predicted molar refractivity (Wildman–Crippen MR) is 57.2 cm³/mol. The summed E-state index contributed by atoms with van der Waals surface area (Å²) in [7, 11) is 0. The van der Waals surface area contributed by atoms with Gasteiger partial charge in [-0.15, -0.1) is 0 Å². The number of rotatable bonds is 6. The fourth-order valence-corrected chi connectivity index (χ4v) is 0.909. The number of nitrogens with one attached hydrogen (secondary N) is 2. The minimum Gasteiger partial charge on any atom is -0.396 e. The van der Waals surface area contributed by atoms with Gasteiger partial charge in [0.1, 0.15) is 0 Å². The van der Waals surface area contributed by atoms with Gasteiger partial charge in [0.2, 0.25) is 11.8 Å². The zero-order valence-electron chi connectivity index (χ0n) is 9.54. The van der Waals surface area contributed by atoms with Gasteiger partial charge < -0.3 is 15.7 Å². The Morgan fingerprint density at radius 2 is 1.87 bits per heavy atom. The summed E-state index contributed by atoms with van der Waals surface area (Å²) < 4.78 is 0. The molecule has 0 aliphatic heterocycles. The van der Waals surface area contributed by atoms with E-state index < -0.39 is 0 Å². The summed E-state index contributed by atoms with van der Waals surface area (Å²) in [6, 6.07) is -0.0963. The van der Waals surface area contributed by atoms with Crippen LogP contribution in [-0.4, -0.2) is 36.1 Å². The Morgan fingerprint density at radius 3 is 2.33 bits per heavy atom. The number of aliphatic hydroxyl groups excluding tert-OH is 1. The Labute approximate surface area is 90.2 Å². The molecule has 0 bridgehead atoms. The summed E-state index contributed by atoms with van der Waals surface area (Å²) in [4.78, 5) is 22.1. The van der Waals surface area contributed by atoms with E-state index in [9.17, 15) is 9.59 Å². The fraction of sp³-hybridized carbons (Fsp3) is 0.800. The second-order valence-electron chi connectivity index (χ2n) is 3.65. The van der Waals surface area contributed by atoms with Crippen molar-refractivity contribution >= 4 is 11.8 Å². The van der Waals surface area contributed by atoms with Crippen molar-refractivity contribution < 1.29 is 14.7 Å². The minimum atomic E-state index is -0.232. The van der Waals surface area contributed by atoms with Crippen LogP contribution in [0, 0.1) is 5.92 Å². The van der Waals surface area contributed by atoms with Crippen molar-refractivity contribution in [3.63, 3.8) is 0 Å². The highest BCUT2D eigenvalue weighted by atomic mass is 16.3. The van der Waals surface area contributed by atoms with Crippen LogP contribution in [0.5, 0.6) is 0 Å². The molecule has 0 spiro atoms. The summed E-state index contributed by atoms with van der Waals surface area (Å²) in [5, 5.41) is 14.0. The summed E-state index contributed by atoms with van der Waals surface area (Å²) in [6.07, 6.45) is 0.371. The minimum absolute atomic E-state index is 0.00480. The number of hydrogen-bond acceptors (Lipinski definition) is 3. The molecule has 0 aliphatic carbocycles. The van der Waals surface area contributed by atoms with Gasteiger partial charge in [-0.2, -0.15) is 0 Å². The first kappa shape index (κ1) is 13.9. The maximum atomic E-state index is 11.3. The predicted octanol–water partition coefficient (Wildman–Crippen LogP) is -0.354. The Balaban J connectivity index is 3.78. The molecule has 0 aromatic carbocycles. The first-order chi connectivity index (χ1) is 7.01. The molecule has 0 heterocycles. The van der Waals surface area contributed by atoms with Gasteiger partial charge in [-0.05, 0) is 12.8 Å². The zero-order chi connectivity index (χ0) is 11.8. The number of carbonyl (C=O) groups is 2. The van der Waals surface area contributed by atoms with Gasteiger partial charge in [-0.1, -0.05) is 13.8 Å². The van der Waals surface area contributed by atoms with Gasteiger partial charge in [0.15, 0.2) is 0 Å². The lowest BCUT2D eigenvalue weighted by atomic mass is 10.1. The van der Waals surface area contributed by atoms with Crippen molar-refractivity contribution in [1.82, 2.24) is 10.6 Å². The molecule has 2 atom stereocenters. The summed E-state index contributed by atoms with van der Waals surface area (Å²) in [5.41, 5.74) is 0. The van der Waals surface area contributed by atoms with Gasteiger partial charge in [0, 0.05) is 19.1 Å². The second-order valence-corrected chi connectivity index (χ2v) is 3.65. The lowest BCUT2D eigenvalue weighted by Gasteiger charge is -2.19. The van der Waals surface area contributed by atoms with E-state index in [1.54, 1.807) is 6.92 Å². The highest BCUT2D eigenvalue weighted by molar-refractivity contribution is 5.84. The maximum absolute atomic E-state index is 11.3. The van der Waals surface area contributed by atoms with Crippen LogP contribution in [0.2, 0.25) is 0 Å². The maximum Gasteiger partial charge on any atom is 0.239 e. The number of hydrogen-bond donors (Lipinski definition) is 3. The molecule has 2 unspecified atom stereocenters. The third-order valence-electron chi connectivity index (χ3n) is 2.30. The first-order valence-electron chi connectivity index (χ1n) is 5.18. The molecule has 5 heteroatoms. The third-order valence-corrected chi connectivity index (χ3v) is 2.30. The number of carbonyl (C=O) groups excluding carboxylic acids is 2. The number of amides is 2. The standard InChI is InChI=1S/C10H20N2O3/c1-4-9(14)11-5-10(15)12-8(3)7(2)6-13/h7-8,13H,4-6H2,1-3H3,(H,11,14)(H,12,15). The Kier molecular flexibility index (Phi) is 6.70. The molecule has 0 fully saturated rings. The molecule has 0 radical (unpaired) electrons. The zero-order valence-corrected chi connectivity index (χ0v) is 9.54. The quantitative estimate of drug-likeness (QED) is 0.567. The van der Waals surface area contributed by atoms with Gasteiger partial charge in [-0.25, -0.2) is 0 Å². The summed E-state index contributed by atoms with van der Waals surface area (Å²) >= 11 is 0. The average Bonchev–Trinajstić information content (AvgIpc) is 2.24. The van der Waals surface area contributed by atoms with Crippen LogP contribution in [0.1, 0.15) is 27.2 Å². The Morgan fingerprint density at radius 1 is 1.27 bits per heavy atom. The summed E-state index contributed by atoms with van der Waals surface area (Å²) in [6.45, 7) is 5.41. The van der Waals surface area contributed by atoms with Crippen molar-refractivity contribution in [2.75, 3.05) is 13.2 Å². The monoisotopic (exact) mass is 216 g/mol. The van der Waals surface area contributed by atoms with Crippen LogP contribution >= 0.6 is 0 Å². The van der Waals surface area contributed by atoms with E-state index in [-0.39, 0.29) is 36.9 Å². The molecule has 0 saturated heterocycles. The van der Waals surface area contributed by atoms with Gasteiger partial charge >= 0.3 is 0 Å².